The number of carbonyl (C=O) groups is 3. The molecule has 1 atom stereocenters. The number of halogens is 1. The van der Waals surface area contributed by atoms with E-state index in [1.807, 2.05) is 22.6 Å². The van der Waals surface area contributed by atoms with Gasteiger partial charge in [-0.15, -0.1) is 0 Å². The fourth-order valence-electron chi connectivity index (χ4n) is 2.53. The Balaban J connectivity index is 1.97. The van der Waals surface area contributed by atoms with Crippen LogP contribution in [0.5, 0.6) is 0 Å². The number of ether oxygens (including phenoxy) is 1. The van der Waals surface area contributed by atoms with Crippen molar-refractivity contribution in [2.24, 2.45) is 0 Å². The zero-order valence-corrected chi connectivity index (χ0v) is 21.0. The van der Waals surface area contributed by atoms with E-state index in [-0.39, 0.29) is 10.6 Å². The molecule has 9 nitrogen and oxygen atoms in total. The van der Waals surface area contributed by atoms with Gasteiger partial charge in [-0.05, 0) is 66.3 Å². The lowest BCUT2D eigenvalue weighted by molar-refractivity contribution is -0.152. The minimum absolute atomic E-state index is 0.0197. The van der Waals surface area contributed by atoms with Gasteiger partial charge in [0.2, 0.25) is 10.0 Å². The van der Waals surface area contributed by atoms with Crippen LogP contribution in [0.2, 0.25) is 0 Å². The highest BCUT2D eigenvalue weighted by Gasteiger charge is 2.22. The summed E-state index contributed by atoms with van der Waals surface area (Å²) in [4.78, 5) is 36.7. The first-order valence-corrected chi connectivity index (χ1v) is 12.0. The summed E-state index contributed by atoms with van der Waals surface area (Å²) in [6.07, 6.45) is -1.16. The van der Waals surface area contributed by atoms with Gasteiger partial charge in [-0.1, -0.05) is 18.2 Å². The van der Waals surface area contributed by atoms with Crippen LogP contribution in [-0.4, -0.2) is 57.3 Å². The number of carbonyl (C=O) groups excluding carboxylic acids is 3. The van der Waals surface area contributed by atoms with Crippen molar-refractivity contribution in [3.05, 3.63) is 57.2 Å². The average molecular weight is 573 g/mol. The lowest BCUT2D eigenvalue weighted by atomic mass is 10.2. The third-order valence-electron chi connectivity index (χ3n) is 4.43. The van der Waals surface area contributed by atoms with Gasteiger partial charge in [-0.2, -0.15) is 0 Å². The smallest absolute Gasteiger partial charge is 0.326 e. The Morgan fingerprint density at radius 3 is 2.41 bits per heavy atom. The number of rotatable bonds is 8. The molecule has 0 aliphatic rings. The van der Waals surface area contributed by atoms with Crippen molar-refractivity contribution in [2.45, 2.75) is 24.8 Å². The topological polar surface area (TPSA) is 122 Å². The van der Waals surface area contributed by atoms with E-state index in [1.165, 1.54) is 33.2 Å². The molecule has 0 unspecified atom stereocenters. The summed E-state index contributed by atoms with van der Waals surface area (Å²) in [5.74, 6) is -1.85. The number of sulfonamides is 1. The Kier molecular flexibility index (Phi) is 8.75. The minimum atomic E-state index is -3.68. The predicted molar refractivity (Wildman–Crippen MR) is 128 cm³/mol. The molecular weight excluding hydrogens is 549 g/mol. The minimum Gasteiger partial charge on any atom is -0.451 e. The first kappa shape index (κ1) is 25.7. The second-order valence-corrected chi connectivity index (χ2v) is 10.4. The first-order valence-electron chi connectivity index (χ1n) is 9.49. The van der Waals surface area contributed by atoms with Crippen LogP contribution in [0.15, 0.2) is 47.4 Å². The molecule has 0 heterocycles. The van der Waals surface area contributed by atoms with E-state index in [1.54, 1.807) is 37.3 Å². The molecular formula is C21H24IN3O6S. The molecule has 2 amide bonds. The van der Waals surface area contributed by atoms with Gasteiger partial charge in [0.1, 0.15) is 6.54 Å². The largest absolute Gasteiger partial charge is 0.451 e. The molecule has 0 radical (unpaired) electrons. The summed E-state index contributed by atoms with van der Waals surface area (Å²) >= 11 is 2.01. The maximum atomic E-state index is 12.5. The zero-order chi connectivity index (χ0) is 24.1. The van der Waals surface area contributed by atoms with Crippen molar-refractivity contribution in [1.82, 2.24) is 9.62 Å². The summed E-state index contributed by atoms with van der Waals surface area (Å²) in [5.41, 5.74) is 1.35. The number of nitrogens with one attached hydrogen (secondary N) is 2. The van der Waals surface area contributed by atoms with E-state index in [2.05, 4.69) is 10.6 Å². The Labute approximate surface area is 200 Å². The van der Waals surface area contributed by atoms with E-state index < -0.39 is 40.5 Å². The van der Waals surface area contributed by atoms with Crippen molar-refractivity contribution < 1.29 is 27.5 Å². The van der Waals surface area contributed by atoms with Crippen LogP contribution in [-0.2, 0) is 24.3 Å². The Bertz CT molecular complexity index is 1130. The maximum absolute atomic E-state index is 12.5. The number of benzene rings is 2. The fourth-order valence-corrected chi connectivity index (χ4v) is 4.09. The Hall–Kier alpha value is -2.51. The molecule has 32 heavy (non-hydrogen) atoms. The molecule has 2 rings (SSSR count). The molecule has 2 N–H and O–H groups in total. The van der Waals surface area contributed by atoms with E-state index in [4.69, 9.17) is 4.74 Å². The Morgan fingerprint density at radius 1 is 1.12 bits per heavy atom. The van der Waals surface area contributed by atoms with Gasteiger partial charge >= 0.3 is 5.97 Å². The van der Waals surface area contributed by atoms with E-state index in [9.17, 15) is 22.8 Å². The SMILES string of the molecule is Cc1ccc(S(=O)(=O)N(C)C)cc1NC(=O)[C@@H](C)OC(=O)CNC(=O)c1ccccc1I. The van der Waals surface area contributed by atoms with Crippen molar-refractivity contribution in [3.8, 4) is 0 Å². The van der Waals surface area contributed by atoms with Crippen LogP contribution in [0.4, 0.5) is 5.69 Å². The number of esters is 1. The van der Waals surface area contributed by atoms with Gasteiger partial charge < -0.3 is 15.4 Å². The van der Waals surface area contributed by atoms with Crippen molar-refractivity contribution >= 4 is 56.1 Å². The summed E-state index contributed by atoms with van der Waals surface area (Å²) in [6, 6.07) is 11.3. The summed E-state index contributed by atoms with van der Waals surface area (Å²) < 4.78 is 31.5. The molecule has 2 aromatic carbocycles. The number of nitrogens with zero attached hydrogens (tertiary/aromatic N) is 1. The maximum Gasteiger partial charge on any atom is 0.326 e. The standard InChI is InChI=1S/C21H24IN3O6S/c1-13-9-10-15(32(29,30)25(3)4)11-18(13)24-20(27)14(2)31-19(26)12-23-21(28)16-7-5-6-8-17(16)22/h5-11,14H,12H2,1-4H3,(H,23,28)(H,24,27)/t14-/m1/s1. The third-order valence-corrected chi connectivity index (χ3v) is 7.19. The van der Waals surface area contributed by atoms with E-state index >= 15 is 0 Å². The number of hydrogen-bond donors (Lipinski definition) is 2. The second kappa shape index (κ2) is 10.9. The lowest BCUT2D eigenvalue weighted by Gasteiger charge is -2.17. The van der Waals surface area contributed by atoms with Crippen LogP contribution < -0.4 is 10.6 Å². The summed E-state index contributed by atoms with van der Waals surface area (Å²) in [6.45, 7) is 2.68. The third kappa shape index (κ3) is 6.50. The molecule has 0 saturated carbocycles. The molecule has 0 bridgehead atoms. The van der Waals surface area contributed by atoms with E-state index in [0.29, 0.717) is 11.1 Å². The van der Waals surface area contributed by atoms with Gasteiger partial charge in [0.25, 0.3) is 11.8 Å². The highest BCUT2D eigenvalue weighted by atomic mass is 127. The molecule has 0 aliphatic heterocycles. The molecule has 172 valence electrons. The summed E-state index contributed by atoms with van der Waals surface area (Å²) in [7, 11) is -0.858. The van der Waals surface area contributed by atoms with Gasteiger partial charge in [-0.3, -0.25) is 14.4 Å². The average Bonchev–Trinajstić information content (AvgIpc) is 2.73. The molecule has 0 aliphatic carbocycles. The van der Waals surface area contributed by atoms with Crippen LogP contribution in [0.3, 0.4) is 0 Å². The summed E-state index contributed by atoms with van der Waals surface area (Å²) in [5, 5.41) is 5.03. The molecule has 0 aromatic heterocycles. The molecule has 11 heteroatoms. The molecule has 0 saturated heterocycles. The number of aryl methyl sites for hydroxylation is 1. The normalized spacial score (nSPS) is 12.2. The van der Waals surface area contributed by atoms with Crippen molar-refractivity contribution in [3.63, 3.8) is 0 Å². The van der Waals surface area contributed by atoms with Crippen LogP contribution in [0.25, 0.3) is 0 Å². The Morgan fingerprint density at radius 2 is 1.78 bits per heavy atom. The molecule has 0 fully saturated rings. The van der Waals surface area contributed by atoms with Gasteiger partial charge in [-0.25, -0.2) is 12.7 Å². The zero-order valence-electron chi connectivity index (χ0n) is 18.0. The highest BCUT2D eigenvalue weighted by molar-refractivity contribution is 14.1. The fraction of sp³-hybridized carbons (Fsp3) is 0.286. The van der Waals surface area contributed by atoms with Crippen LogP contribution in [0.1, 0.15) is 22.8 Å². The van der Waals surface area contributed by atoms with Gasteiger partial charge in [0.15, 0.2) is 6.10 Å². The van der Waals surface area contributed by atoms with Crippen molar-refractivity contribution in [1.29, 1.82) is 0 Å². The van der Waals surface area contributed by atoms with Crippen LogP contribution in [0, 0.1) is 10.5 Å². The second-order valence-electron chi connectivity index (χ2n) is 7.05. The number of hydrogen-bond acceptors (Lipinski definition) is 6. The highest BCUT2D eigenvalue weighted by Crippen LogP contribution is 2.22. The number of anilines is 1. The van der Waals surface area contributed by atoms with Crippen LogP contribution >= 0.6 is 22.6 Å². The molecule has 0 spiro atoms. The van der Waals surface area contributed by atoms with Gasteiger partial charge in [0.05, 0.1) is 10.5 Å². The monoisotopic (exact) mass is 573 g/mol. The van der Waals surface area contributed by atoms with Gasteiger partial charge in [0, 0.05) is 23.4 Å². The van der Waals surface area contributed by atoms with Crippen molar-refractivity contribution in [2.75, 3.05) is 26.0 Å². The first-order chi connectivity index (χ1) is 14.9. The predicted octanol–water partition coefficient (Wildman–Crippen LogP) is 2.15. The van der Waals surface area contributed by atoms with E-state index in [0.717, 1.165) is 7.88 Å². The molecule has 2 aromatic rings. The quantitative estimate of drug-likeness (QED) is 0.369. The lowest BCUT2D eigenvalue weighted by Crippen LogP contribution is -2.36. The number of amides is 2.